The number of rotatable bonds is 8. The number of pyridine rings is 1. The Morgan fingerprint density at radius 1 is 1.11 bits per heavy atom. The molecule has 0 bridgehead atoms. The number of nitrogens with one attached hydrogen (secondary N) is 2. The molecule has 1 aromatic carbocycles. The van der Waals surface area contributed by atoms with Gasteiger partial charge in [0.05, 0.1) is 25.4 Å². The quantitative estimate of drug-likeness (QED) is 0.300. The summed E-state index contributed by atoms with van der Waals surface area (Å²) in [5.41, 5.74) is -0.302. The number of benzene rings is 1. The van der Waals surface area contributed by atoms with Crippen molar-refractivity contribution >= 4 is 23.4 Å². The number of hydrogen-bond donors (Lipinski definition) is 2. The van der Waals surface area contributed by atoms with Crippen molar-refractivity contribution < 1.29 is 31.6 Å². The summed E-state index contributed by atoms with van der Waals surface area (Å²) in [6, 6.07) is 7.05. The van der Waals surface area contributed by atoms with Gasteiger partial charge in [0.1, 0.15) is 11.2 Å². The molecular weight excluding hydrogens is 508 g/mol. The van der Waals surface area contributed by atoms with Gasteiger partial charge in [-0.25, -0.2) is 14.4 Å². The lowest BCUT2D eigenvalue weighted by Gasteiger charge is -2.14. The molecule has 196 valence electrons. The molecule has 2 N–H and O–H groups in total. The highest BCUT2D eigenvalue weighted by Crippen LogP contribution is 2.59. The molecule has 3 heterocycles. The molecule has 0 saturated heterocycles. The second-order valence-corrected chi connectivity index (χ2v) is 8.68. The highest BCUT2D eigenvalue weighted by molar-refractivity contribution is 5.91. The highest BCUT2D eigenvalue weighted by atomic mass is 19.4. The number of methoxy groups -OCH3 is 1. The number of ether oxygens (including phenoxy) is 1. The lowest BCUT2D eigenvalue weighted by molar-refractivity contribution is -0.165. The van der Waals surface area contributed by atoms with E-state index in [0.717, 1.165) is 6.07 Å². The van der Waals surface area contributed by atoms with Gasteiger partial charge in [0, 0.05) is 30.2 Å². The SMILES string of the molecule is COc1cnccc1Nc1ncc(-c2ccc(CC(=O)Nc3cc(C4(C(F)(F)F)CC4)on3)c(F)c2)cn1. The summed E-state index contributed by atoms with van der Waals surface area (Å²) >= 11 is 0. The second kappa shape index (κ2) is 9.72. The molecule has 1 saturated carbocycles. The van der Waals surface area contributed by atoms with Crippen molar-refractivity contribution in [2.24, 2.45) is 0 Å². The lowest BCUT2D eigenvalue weighted by atomic mass is 10.0. The first-order valence-electron chi connectivity index (χ1n) is 11.4. The molecule has 9 nitrogen and oxygen atoms in total. The molecule has 5 rings (SSSR count). The number of aromatic nitrogens is 4. The minimum absolute atomic E-state index is 0.0907. The Labute approximate surface area is 213 Å². The molecular formula is C25H20F4N6O3. The predicted octanol–water partition coefficient (Wildman–Crippen LogP) is 5.19. The number of halogens is 4. The zero-order chi connectivity index (χ0) is 26.9. The first kappa shape index (κ1) is 25.1. The summed E-state index contributed by atoms with van der Waals surface area (Å²) in [5, 5.41) is 8.87. The van der Waals surface area contributed by atoms with Gasteiger partial charge in [-0.1, -0.05) is 17.3 Å². The van der Waals surface area contributed by atoms with Crippen molar-refractivity contribution in [3.8, 4) is 16.9 Å². The third kappa shape index (κ3) is 4.99. The summed E-state index contributed by atoms with van der Waals surface area (Å²) < 4.78 is 64.6. The van der Waals surface area contributed by atoms with Gasteiger partial charge in [-0.15, -0.1) is 0 Å². The molecule has 0 spiro atoms. The topological polar surface area (TPSA) is 115 Å². The average molecular weight is 528 g/mol. The van der Waals surface area contributed by atoms with Crippen molar-refractivity contribution in [3.05, 3.63) is 72.3 Å². The Kier molecular flexibility index (Phi) is 6.43. The average Bonchev–Trinajstić information content (AvgIpc) is 3.60. The fourth-order valence-electron chi connectivity index (χ4n) is 3.89. The maximum absolute atomic E-state index is 14.8. The summed E-state index contributed by atoms with van der Waals surface area (Å²) in [5.74, 6) is -0.994. The van der Waals surface area contributed by atoms with Crippen LogP contribution in [0.4, 0.5) is 35.0 Å². The van der Waals surface area contributed by atoms with Gasteiger partial charge in [0.15, 0.2) is 17.3 Å². The van der Waals surface area contributed by atoms with Crippen LogP contribution >= 0.6 is 0 Å². The third-order valence-corrected chi connectivity index (χ3v) is 6.18. The standard InChI is InChI=1S/C25H20F4N6O3/c1-37-19-13-30-7-4-18(19)33-23-31-11-16(12-32-23)14-2-3-15(17(26)8-14)9-22(36)34-21-10-20(38-35-21)24(5-6-24)25(27,28)29/h2-4,7-8,10-13H,5-6,9H2,1H3,(H,34,35,36)(H,30,31,32,33). The molecule has 0 aliphatic heterocycles. The first-order valence-corrected chi connectivity index (χ1v) is 11.4. The maximum Gasteiger partial charge on any atom is 0.401 e. The molecule has 1 fully saturated rings. The minimum atomic E-state index is -4.46. The molecule has 1 aliphatic rings. The van der Waals surface area contributed by atoms with E-state index < -0.39 is 23.3 Å². The van der Waals surface area contributed by atoms with Gasteiger partial charge < -0.3 is 19.9 Å². The number of nitrogens with zero attached hydrogens (tertiary/aromatic N) is 4. The van der Waals surface area contributed by atoms with Crippen LogP contribution in [0, 0.1) is 5.82 Å². The van der Waals surface area contributed by atoms with Gasteiger partial charge in [-0.2, -0.15) is 13.2 Å². The van der Waals surface area contributed by atoms with Crippen LogP contribution in [0.25, 0.3) is 11.1 Å². The van der Waals surface area contributed by atoms with Crippen molar-refractivity contribution in [1.29, 1.82) is 0 Å². The van der Waals surface area contributed by atoms with E-state index >= 15 is 0 Å². The monoisotopic (exact) mass is 528 g/mol. The zero-order valence-corrected chi connectivity index (χ0v) is 19.8. The molecule has 38 heavy (non-hydrogen) atoms. The van der Waals surface area contributed by atoms with Crippen molar-refractivity contribution in [2.45, 2.75) is 30.9 Å². The van der Waals surface area contributed by atoms with Gasteiger partial charge >= 0.3 is 6.18 Å². The Bertz CT molecular complexity index is 1470. The molecule has 0 radical (unpaired) electrons. The normalized spacial score (nSPS) is 14.1. The van der Waals surface area contributed by atoms with Crippen LogP contribution in [0.3, 0.4) is 0 Å². The number of hydrogen-bond acceptors (Lipinski definition) is 8. The van der Waals surface area contributed by atoms with E-state index in [9.17, 15) is 22.4 Å². The van der Waals surface area contributed by atoms with E-state index in [1.165, 1.54) is 31.6 Å². The molecule has 0 atom stereocenters. The van der Waals surface area contributed by atoms with Gasteiger partial charge in [-0.05, 0) is 36.1 Å². The van der Waals surface area contributed by atoms with E-state index in [1.807, 2.05) is 0 Å². The van der Waals surface area contributed by atoms with Crippen LogP contribution in [-0.2, 0) is 16.6 Å². The third-order valence-electron chi connectivity index (χ3n) is 6.18. The molecule has 3 aromatic heterocycles. The lowest BCUT2D eigenvalue weighted by Crippen LogP contribution is -2.28. The molecule has 1 amide bonds. The van der Waals surface area contributed by atoms with Crippen molar-refractivity contribution in [2.75, 3.05) is 17.7 Å². The van der Waals surface area contributed by atoms with Crippen LogP contribution in [0.1, 0.15) is 24.2 Å². The molecule has 0 unspecified atom stereocenters. The number of carbonyl (C=O) groups is 1. The van der Waals surface area contributed by atoms with Crippen LogP contribution in [0.15, 0.2) is 59.6 Å². The van der Waals surface area contributed by atoms with Gasteiger partial charge in [0.25, 0.3) is 0 Å². The first-order chi connectivity index (χ1) is 18.2. The van der Waals surface area contributed by atoms with E-state index in [4.69, 9.17) is 9.26 Å². The minimum Gasteiger partial charge on any atom is -0.493 e. The molecule has 13 heteroatoms. The fraction of sp³-hybridized carbons (Fsp3) is 0.240. The Hall–Kier alpha value is -4.55. The summed E-state index contributed by atoms with van der Waals surface area (Å²) in [7, 11) is 1.51. The van der Waals surface area contributed by atoms with E-state index in [2.05, 4.69) is 30.7 Å². The van der Waals surface area contributed by atoms with Crippen LogP contribution in [-0.4, -0.2) is 39.3 Å². The molecule has 4 aromatic rings. The predicted molar refractivity (Wildman–Crippen MR) is 127 cm³/mol. The number of amides is 1. The van der Waals surface area contributed by atoms with Gasteiger partial charge in [-0.3, -0.25) is 9.78 Å². The number of anilines is 3. The van der Waals surface area contributed by atoms with Crippen molar-refractivity contribution in [3.63, 3.8) is 0 Å². The summed E-state index contributed by atoms with van der Waals surface area (Å²) in [6.07, 6.45) is 1.14. The maximum atomic E-state index is 14.8. The van der Waals surface area contributed by atoms with Crippen LogP contribution in [0.5, 0.6) is 5.75 Å². The number of carbonyl (C=O) groups excluding carboxylic acids is 1. The molecule has 1 aliphatic carbocycles. The largest absolute Gasteiger partial charge is 0.493 e. The Morgan fingerprint density at radius 2 is 1.87 bits per heavy atom. The summed E-state index contributed by atoms with van der Waals surface area (Å²) in [6.45, 7) is 0. The van der Waals surface area contributed by atoms with E-state index in [-0.39, 0.29) is 36.4 Å². The fourth-order valence-corrected chi connectivity index (χ4v) is 3.89. The van der Waals surface area contributed by atoms with Crippen LogP contribution in [0.2, 0.25) is 0 Å². The number of alkyl halides is 3. The van der Waals surface area contributed by atoms with E-state index in [0.29, 0.717) is 28.5 Å². The summed E-state index contributed by atoms with van der Waals surface area (Å²) in [4.78, 5) is 24.8. The smallest absolute Gasteiger partial charge is 0.401 e. The van der Waals surface area contributed by atoms with Crippen LogP contribution < -0.4 is 15.4 Å². The second-order valence-electron chi connectivity index (χ2n) is 8.68. The zero-order valence-electron chi connectivity index (χ0n) is 19.8. The Morgan fingerprint density at radius 3 is 2.53 bits per heavy atom. The van der Waals surface area contributed by atoms with E-state index in [1.54, 1.807) is 24.5 Å². The highest BCUT2D eigenvalue weighted by Gasteiger charge is 2.66. The van der Waals surface area contributed by atoms with Gasteiger partial charge in [0.2, 0.25) is 11.9 Å². The van der Waals surface area contributed by atoms with Crippen molar-refractivity contribution in [1.82, 2.24) is 20.1 Å². The Balaban J connectivity index is 1.22.